The Hall–Kier alpha value is -3.51. The second-order valence-corrected chi connectivity index (χ2v) is 10.8. The van der Waals surface area contributed by atoms with E-state index in [9.17, 15) is 24.3 Å². The molecular weight excluding hydrogens is 552 g/mol. The molecule has 0 aliphatic heterocycles. The summed E-state index contributed by atoms with van der Waals surface area (Å²) >= 11 is 5.82. The minimum atomic E-state index is -1.58. The summed E-state index contributed by atoms with van der Waals surface area (Å²) in [5.74, 6) is -1.73. The number of carbonyl (C=O) groups is 3. The molecule has 2 rings (SSSR count). The van der Waals surface area contributed by atoms with Crippen LogP contribution in [0.5, 0.6) is 0 Å². The van der Waals surface area contributed by atoms with Crippen LogP contribution in [0.1, 0.15) is 48.8 Å². The number of aliphatic hydroxyl groups is 1. The summed E-state index contributed by atoms with van der Waals surface area (Å²) in [6, 6.07) is 8.15. The zero-order valence-electron chi connectivity index (χ0n) is 23.8. The highest BCUT2D eigenvalue weighted by Crippen LogP contribution is 2.14. The van der Waals surface area contributed by atoms with Crippen LogP contribution in [0.3, 0.4) is 0 Å². The van der Waals surface area contributed by atoms with Crippen molar-refractivity contribution in [2.75, 3.05) is 13.4 Å². The molecule has 2 aromatic rings. The van der Waals surface area contributed by atoms with Crippen molar-refractivity contribution in [2.45, 2.75) is 57.7 Å². The quantitative estimate of drug-likeness (QED) is 0.0758. The summed E-state index contributed by atoms with van der Waals surface area (Å²) in [5.41, 5.74) is 6.30. The van der Waals surface area contributed by atoms with Gasteiger partial charge in [-0.2, -0.15) is 0 Å². The lowest BCUT2D eigenvalue weighted by molar-refractivity contribution is -0.168. The molecule has 0 aliphatic carbocycles. The third-order valence-corrected chi connectivity index (χ3v) is 6.62. The molecule has 1 aromatic heterocycles. The highest BCUT2D eigenvalue weighted by atomic mass is 35.5. The Kier molecular flexibility index (Phi) is 13.2. The lowest BCUT2D eigenvalue weighted by Crippen LogP contribution is -2.51. The normalized spacial score (nSPS) is 15.0. The van der Waals surface area contributed by atoms with E-state index in [0.717, 1.165) is 21.9 Å². The summed E-state index contributed by atoms with van der Waals surface area (Å²) in [6.45, 7) is 4.65. The fraction of sp³-hybridized carbons (Fsp3) is 0.448. The number of nitrogens with zero attached hydrogens (tertiary/aromatic N) is 1. The van der Waals surface area contributed by atoms with Gasteiger partial charge in [-0.15, -0.1) is 0 Å². The number of nitrogens with one attached hydrogen (secondary N) is 2. The number of esters is 1. The van der Waals surface area contributed by atoms with E-state index in [2.05, 4.69) is 10.4 Å². The SMILES string of the molecule is CC(Cl)=CC=CCc1ccc(CC(CC(O)C(=O)OCOCC(N)(C=O)C(C)C)NC(=O)c2cc(=O)n(C)[nH]2)cc1. The zero-order chi connectivity index (χ0) is 30.6. The summed E-state index contributed by atoms with van der Waals surface area (Å²) in [4.78, 5) is 48.3. The van der Waals surface area contributed by atoms with Gasteiger partial charge >= 0.3 is 5.97 Å². The van der Waals surface area contributed by atoms with Crippen molar-refractivity contribution in [3.05, 3.63) is 80.8 Å². The van der Waals surface area contributed by atoms with Crippen LogP contribution in [0.2, 0.25) is 0 Å². The maximum absolute atomic E-state index is 12.8. The van der Waals surface area contributed by atoms with E-state index in [4.69, 9.17) is 26.8 Å². The number of hydrogen-bond donors (Lipinski definition) is 4. The predicted molar refractivity (Wildman–Crippen MR) is 155 cm³/mol. The molecule has 1 aromatic carbocycles. The number of aldehydes is 1. The van der Waals surface area contributed by atoms with Crippen molar-refractivity contribution in [1.29, 1.82) is 0 Å². The highest BCUT2D eigenvalue weighted by Gasteiger charge is 2.29. The number of allylic oxidation sites excluding steroid dienone is 4. The number of aryl methyl sites for hydroxylation is 1. The van der Waals surface area contributed by atoms with E-state index in [1.165, 1.54) is 7.05 Å². The van der Waals surface area contributed by atoms with Crippen LogP contribution in [0.15, 0.2) is 58.4 Å². The van der Waals surface area contributed by atoms with E-state index in [1.807, 2.05) is 36.4 Å². The first-order valence-corrected chi connectivity index (χ1v) is 13.5. The molecule has 41 heavy (non-hydrogen) atoms. The molecule has 3 unspecified atom stereocenters. The molecule has 0 saturated carbocycles. The fourth-order valence-corrected chi connectivity index (χ4v) is 3.75. The van der Waals surface area contributed by atoms with Crippen LogP contribution >= 0.6 is 11.6 Å². The Labute approximate surface area is 244 Å². The molecule has 1 heterocycles. The highest BCUT2D eigenvalue weighted by molar-refractivity contribution is 6.29. The van der Waals surface area contributed by atoms with Gasteiger partial charge < -0.3 is 30.4 Å². The van der Waals surface area contributed by atoms with Crippen LogP contribution in [-0.2, 0) is 39.0 Å². The number of carbonyl (C=O) groups excluding carboxylic acids is 3. The molecule has 5 N–H and O–H groups in total. The number of benzene rings is 1. The van der Waals surface area contributed by atoms with Crippen molar-refractivity contribution in [3.63, 3.8) is 0 Å². The van der Waals surface area contributed by atoms with Crippen LogP contribution in [-0.4, -0.2) is 64.1 Å². The second-order valence-electron chi connectivity index (χ2n) is 10.2. The van der Waals surface area contributed by atoms with Gasteiger partial charge in [0.15, 0.2) is 12.9 Å². The van der Waals surface area contributed by atoms with E-state index < -0.39 is 36.4 Å². The van der Waals surface area contributed by atoms with Gasteiger partial charge in [-0.25, -0.2) is 4.79 Å². The van der Waals surface area contributed by atoms with Crippen LogP contribution in [0, 0.1) is 5.92 Å². The Bertz CT molecular complexity index is 1280. The Morgan fingerprint density at radius 3 is 2.46 bits per heavy atom. The summed E-state index contributed by atoms with van der Waals surface area (Å²) in [5, 5.41) is 16.7. The van der Waals surface area contributed by atoms with Gasteiger partial charge in [0.25, 0.3) is 11.5 Å². The van der Waals surface area contributed by atoms with Gasteiger partial charge in [0.1, 0.15) is 12.0 Å². The average molecular weight is 591 g/mol. The number of rotatable bonds is 16. The summed E-state index contributed by atoms with van der Waals surface area (Å²) in [6.07, 6.45) is 5.48. The number of hydrogen-bond acceptors (Lipinski definition) is 8. The molecule has 11 nitrogen and oxygen atoms in total. The molecule has 0 bridgehead atoms. The molecule has 3 atom stereocenters. The molecule has 0 aliphatic rings. The van der Waals surface area contributed by atoms with Gasteiger partial charge in [0.05, 0.1) is 12.1 Å². The topological polar surface area (TPSA) is 166 Å². The molecule has 224 valence electrons. The third-order valence-electron chi connectivity index (χ3n) is 6.50. The summed E-state index contributed by atoms with van der Waals surface area (Å²) in [7, 11) is 1.48. The standard InChI is InChI=1S/C29H39ClN4O7/c1-19(2)29(31,16-35)17-40-18-41-28(39)25(36)14-23(32-27(38)24-15-26(37)34(4)33-24)13-22-11-9-21(10-12-22)8-6-5-7-20(3)30/h5-7,9-12,15-16,19,23,25,33,36H,8,13-14,17-18,31H2,1-4H3,(H,32,38). The van der Waals surface area contributed by atoms with Crippen molar-refractivity contribution < 1.29 is 29.0 Å². The molecular formula is C29H39ClN4O7. The van der Waals surface area contributed by atoms with E-state index in [-0.39, 0.29) is 36.6 Å². The van der Waals surface area contributed by atoms with Crippen LogP contribution in [0.25, 0.3) is 0 Å². The predicted octanol–water partition coefficient (Wildman–Crippen LogP) is 2.12. The number of aromatic nitrogens is 2. The number of amides is 1. The monoisotopic (exact) mass is 590 g/mol. The van der Waals surface area contributed by atoms with Crippen LogP contribution < -0.4 is 16.6 Å². The maximum atomic E-state index is 12.8. The largest absolute Gasteiger partial charge is 0.437 e. The maximum Gasteiger partial charge on any atom is 0.337 e. The Morgan fingerprint density at radius 2 is 1.90 bits per heavy atom. The molecule has 0 saturated heterocycles. The molecule has 0 spiro atoms. The Morgan fingerprint density at radius 1 is 1.24 bits per heavy atom. The number of H-pyrrole nitrogens is 1. The van der Waals surface area contributed by atoms with E-state index in [0.29, 0.717) is 17.7 Å². The first kappa shape index (κ1) is 33.7. The molecule has 1 amide bonds. The van der Waals surface area contributed by atoms with Crippen molar-refractivity contribution in [2.24, 2.45) is 18.7 Å². The number of nitrogens with two attached hydrogens (primary N) is 1. The number of aromatic amines is 1. The first-order valence-electron chi connectivity index (χ1n) is 13.2. The second kappa shape index (κ2) is 16.1. The van der Waals surface area contributed by atoms with Crippen molar-refractivity contribution in [1.82, 2.24) is 15.1 Å². The van der Waals surface area contributed by atoms with Crippen molar-refractivity contribution in [3.8, 4) is 0 Å². The molecule has 12 heteroatoms. The lowest BCUT2D eigenvalue weighted by atomic mass is 9.90. The summed E-state index contributed by atoms with van der Waals surface area (Å²) < 4.78 is 11.4. The average Bonchev–Trinajstić information content (AvgIpc) is 3.27. The molecule has 0 fully saturated rings. The minimum Gasteiger partial charge on any atom is -0.437 e. The van der Waals surface area contributed by atoms with Crippen molar-refractivity contribution >= 4 is 29.8 Å². The van der Waals surface area contributed by atoms with E-state index >= 15 is 0 Å². The van der Waals surface area contributed by atoms with Gasteiger partial charge in [-0.3, -0.25) is 19.4 Å². The number of ether oxygens (including phenoxy) is 2. The Balaban J connectivity index is 2.06. The van der Waals surface area contributed by atoms with Gasteiger partial charge in [0, 0.05) is 30.6 Å². The van der Waals surface area contributed by atoms with Crippen LogP contribution in [0.4, 0.5) is 0 Å². The van der Waals surface area contributed by atoms with Gasteiger partial charge in [0.2, 0.25) is 0 Å². The van der Waals surface area contributed by atoms with Gasteiger partial charge in [-0.05, 0) is 42.9 Å². The zero-order valence-corrected chi connectivity index (χ0v) is 24.5. The molecule has 0 radical (unpaired) electrons. The van der Waals surface area contributed by atoms with E-state index in [1.54, 1.807) is 26.8 Å². The smallest absolute Gasteiger partial charge is 0.337 e. The van der Waals surface area contributed by atoms with Gasteiger partial charge in [-0.1, -0.05) is 61.9 Å². The lowest BCUT2D eigenvalue weighted by Gasteiger charge is -2.26. The third kappa shape index (κ3) is 11.1. The number of aliphatic hydroxyl groups excluding tert-OH is 1. The minimum absolute atomic E-state index is 0.0435. The first-order chi connectivity index (χ1) is 19.3. The number of halogens is 1. The fourth-order valence-electron chi connectivity index (χ4n) is 3.68.